The Balaban J connectivity index is 2.06. The predicted octanol–water partition coefficient (Wildman–Crippen LogP) is 4.80. The Morgan fingerprint density at radius 1 is 0.560 bits per heavy atom. The minimum Gasteiger partial charge on any atom is -0.211 e. The highest BCUT2D eigenvalue weighted by Gasteiger charge is 2.16. The van der Waals surface area contributed by atoms with Gasteiger partial charge in [0.05, 0.1) is 11.4 Å². The number of hydrogen-bond donors (Lipinski definition) is 0. The van der Waals surface area contributed by atoms with Crippen LogP contribution in [0.1, 0.15) is 22.6 Å². The first-order valence-electron chi connectivity index (χ1n) is 7.72. The summed E-state index contributed by atoms with van der Waals surface area (Å²) in [6.45, 7) is 0. The van der Waals surface area contributed by atoms with Gasteiger partial charge < -0.3 is 0 Å². The first-order valence-corrected chi connectivity index (χ1v) is 7.72. The number of rotatable bonds is 5. The summed E-state index contributed by atoms with van der Waals surface area (Å²) in [5.41, 5.74) is 4.42. The van der Waals surface area contributed by atoms with Crippen molar-refractivity contribution in [2.45, 2.75) is 5.92 Å². The van der Waals surface area contributed by atoms with Crippen molar-refractivity contribution in [1.29, 1.82) is 0 Å². The van der Waals surface area contributed by atoms with Crippen LogP contribution in [0.2, 0.25) is 0 Å². The highest BCUT2D eigenvalue weighted by atomic mass is 16.1. The smallest absolute Gasteiger partial charge is 0.211 e. The highest BCUT2D eigenvalue weighted by Crippen LogP contribution is 2.33. The van der Waals surface area contributed by atoms with Gasteiger partial charge in [-0.25, -0.2) is 9.59 Å². The molecule has 25 heavy (non-hydrogen) atoms. The zero-order valence-corrected chi connectivity index (χ0v) is 13.3. The molecule has 4 nitrogen and oxygen atoms in total. The zero-order valence-electron chi connectivity index (χ0n) is 13.3. The summed E-state index contributed by atoms with van der Waals surface area (Å²) >= 11 is 0. The van der Waals surface area contributed by atoms with E-state index in [1.54, 1.807) is 36.4 Å². The molecule has 3 aromatic rings. The third kappa shape index (κ3) is 3.85. The average Bonchev–Trinajstić information content (AvgIpc) is 2.66. The van der Waals surface area contributed by atoms with Gasteiger partial charge in [0.25, 0.3) is 0 Å². The van der Waals surface area contributed by atoms with Crippen LogP contribution in [0.3, 0.4) is 0 Å². The predicted molar refractivity (Wildman–Crippen MR) is 95.8 cm³/mol. The maximum atomic E-state index is 10.4. The van der Waals surface area contributed by atoms with Crippen LogP contribution in [-0.4, -0.2) is 12.2 Å². The quantitative estimate of drug-likeness (QED) is 0.384. The Morgan fingerprint density at radius 2 is 0.960 bits per heavy atom. The fourth-order valence-electron chi connectivity index (χ4n) is 2.81. The van der Waals surface area contributed by atoms with Gasteiger partial charge in [-0.3, -0.25) is 0 Å². The van der Waals surface area contributed by atoms with E-state index < -0.39 is 0 Å². The summed E-state index contributed by atoms with van der Waals surface area (Å²) in [6.07, 6.45) is 3.09. The molecule has 0 spiro atoms. The van der Waals surface area contributed by atoms with Crippen molar-refractivity contribution < 1.29 is 9.59 Å². The highest BCUT2D eigenvalue weighted by molar-refractivity contribution is 5.54. The van der Waals surface area contributed by atoms with Gasteiger partial charge in [0.1, 0.15) is 0 Å². The molecule has 0 saturated heterocycles. The Bertz CT molecular complexity index is 874. The molecule has 0 aliphatic carbocycles. The molecule has 0 aromatic heterocycles. The van der Waals surface area contributed by atoms with Gasteiger partial charge in [-0.2, -0.15) is 9.98 Å². The van der Waals surface area contributed by atoms with Crippen molar-refractivity contribution in [1.82, 2.24) is 0 Å². The lowest BCUT2D eigenvalue weighted by molar-refractivity contribution is 0.564. The van der Waals surface area contributed by atoms with Crippen LogP contribution in [0, 0.1) is 0 Å². The second-order valence-corrected chi connectivity index (χ2v) is 5.43. The molecule has 0 aliphatic heterocycles. The third-order valence-corrected chi connectivity index (χ3v) is 3.94. The van der Waals surface area contributed by atoms with E-state index in [4.69, 9.17) is 0 Å². The molecular formula is C21H14N2O2. The molecule has 0 heterocycles. The Kier molecular flexibility index (Phi) is 5.08. The molecule has 0 saturated carbocycles. The summed E-state index contributed by atoms with van der Waals surface area (Å²) in [5.74, 6) is 0.0183. The lowest BCUT2D eigenvalue weighted by Gasteiger charge is -2.19. The number of isocyanates is 2. The number of carbonyl (C=O) groups excluding carboxylic acids is 2. The van der Waals surface area contributed by atoms with E-state index in [1.807, 2.05) is 42.5 Å². The van der Waals surface area contributed by atoms with E-state index in [1.165, 1.54) is 0 Å². The SMILES string of the molecule is O=C=Nc1ccc(C(c2ccccc2)c2ccc(N=C=O)cc2)cc1. The average molecular weight is 326 g/mol. The molecule has 0 unspecified atom stereocenters. The summed E-state index contributed by atoms with van der Waals surface area (Å²) in [5, 5.41) is 0. The van der Waals surface area contributed by atoms with Crippen molar-refractivity contribution in [3.8, 4) is 0 Å². The second-order valence-electron chi connectivity index (χ2n) is 5.43. The fraction of sp³-hybridized carbons (Fsp3) is 0.0476. The first-order chi connectivity index (χ1) is 12.3. The van der Waals surface area contributed by atoms with Crippen LogP contribution < -0.4 is 0 Å². The Morgan fingerprint density at radius 3 is 1.36 bits per heavy atom. The number of aliphatic imine (C=N–C) groups is 2. The van der Waals surface area contributed by atoms with Crippen molar-refractivity contribution in [2.75, 3.05) is 0 Å². The van der Waals surface area contributed by atoms with Crippen LogP contribution in [-0.2, 0) is 9.59 Å². The summed E-state index contributed by atoms with van der Waals surface area (Å²) in [7, 11) is 0. The van der Waals surface area contributed by atoms with Gasteiger partial charge in [-0.05, 0) is 41.0 Å². The molecule has 3 aromatic carbocycles. The number of hydrogen-bond acceptors (Lipinski definition) is 4. The van der Waals surface area contributed by atoms with Crippen molar-refractivity contribution >= 4 is 23.5 Å². The van der Waals surface area contributed by atoms with E-state index in [0.29, 0.717) is 11.4 Å². The van der Waals surface area contributed by atoms with Gasteiger partial charge in [0, 0.05) is 5.92 Å². The van der Waals surface area contributed by atoms with E-state index in [0.717, 1.165) is 16.7 Å². The van der Waals surface area contributed by atoms with E-state index in [-0.39, 0.29) is 5.92 Å². The van der Waals surface area contributed by atoms with Gasteiger partial charge in [-0.15, -0.1) is 0 Å². The first kappa shape index (κ1) is 16.3. The maximum Gasteiger partial charge on any atom is 0.240 e. The zero-order chi connectivity index (χ0) is 17.5. The normalized spacial score (nSPS) is 11.0. The summed E-state index contributed by atoms with van der Waals surface area (Å²) in [6, 6.07) is 25.1. The Hall–Kier alpha value is -3.58. The molecular weight excluding hydrogens is 312 g/mol. The van der Waals surface area contributed by atoms with Gasteiger partial charge in [0.2, 0.25) is 12.2 Å². The van der Waals surface area contributed by atoms with Crippen molar-refractivity contribution in [3.63, 3.8) is 0 Å². The van der Waals surface area contributed by atoms with Crippen LogP contribution in [0.5, 0.6) is 0 Å². The van der Waals surface area contributed by atoms with Gasteiger partial charge in [-0.1, -0.05) is 54.6 Å². The fourth-order valence-corrected chi connectivity index (χ4v) is 2.81. The minimum absolute atomic E-state index is 0.0183. The maximum absolute atomic E-state index is 10.4. The largest absolute Gasteiger partial charge is 0.240 e. The standard InChI is InChI=1S/C21H14N2O2/c24-14-22-19-10-6-17(7-11-19)21(16-4-2-1-3-5-16)18-8-12-20(13-9-18)23-15-25/h1-13,21H. The van der Waals surface area contributed by atoms with Crippen LogP contribution in [0.4, 0.5) is 11.4 Å². The van der Waals surface area contributed by atoms with Gasteiger partial charge >= 0.3 is 0 Å². The van der Waals surface area contributed by atoms with Crippen molar-refractivity contribution in [3.05, 3.63) is 95.6 Å². The molecule has 0 fully saturated rings. The van der Waals surface area contributed by atoms with Gasteiger partial charge in [0.15, 0.2) is 0 Å². The van der Waals surface area contributed by atoms with Crippen molar-refractivity contribution in [2.24, 2.45) is 9.98 Å². The van der Waals surface area contributed by atoms with E-state index in [9.17, 15) is 9.59 Å². The molecule has 0 bridgehead atoms. The second kappa shape index (κ2) is 7.80. The van der Waals surface area contributed by atoms with Crippen LogP contribution in [0.25, 0.3) is 0 Å². The number of nitrogens with zero attached hydrogens (tertiary/aromatic N) is 2. The van der Waals surface area contributed by atoms with Crippen LogP contribution in [0.15, 0.2) is 88.8 Å². The monoisotopic (exact) mass is 326 g/mol. The molecule has 0 atom stereocenters. The topological polar surface area (TPSA) is 58.9 Å². The third-order valence-electron chi connectivity index (χ3n) is 3.94. The molecule has 0 radical (unpaired) electrons. The van der Waals surface area contributed by atoms with Crippen LogP contribution >= 0.6 is 0 Å². The minimum atomic E-state index is 0.0183. The molecule has 120 valence electrons. The summed E-state index contributed by atoms with van der Waals surface area (Å²) < 4.78 is 0. The lowest BCUT2D eigenvalue weighted by atomic mass is 9.85. The van der Waals surface area contributed by atoms with E-state index in [2.05, 4.69) is 22.1 Å². The lowest BCUT2D eigenvalue weighted by Crippen LogP contribution is -2.02. The molecule has 3 rings (SSSR count). The Labute approximate surface area is 145 Å². The molecule has 0 amide bonds. The molecule has 4 heteroatoms. The summed E-state index contributed by atoms with van der Waals surface area (Å²) in [4.78, 5) is 28.0. The van der Waals surface area contributed by atoms with E-state index >= 15 is 0 Å². The number of benzene rings is 3. The molecule has 0 N–H and O–H groups in total. The molecule has 0 aliphatic rings.